The van der Waals surface area contributed by atoms with Gasteiger partial charge in [-0.05, 0) is 17.7 Å². The predicted molar refractivity (Wildman–Crippen MR) is 60.9 cm³/mol. The minimum Gasteiger partial charge on any atom is -0.328 e. The van der Waals surface area contributed by atoms with Gasteiger partial charge < -0.3 is 5.73 Å². The summed E-state index contributed by atoms with van der Waals surface area (Å²) in [6.07, 6.45) is 3.63. The molecule has 0 fully saturated rings. The fourth-order valence-electron chi connectivity index (χ4n) is 1.59. The molecule has 0 saturated carbocycles. The van der Waals surface area contributed by atoms with Gasteiger partial charge in [-0.1, -0.05) is 29.8 Å². The zero-order chi connectivity index (χ0) is 10.7. The van der Waals surface area contributed by atoms with Crippen LogP contribution in [-0.2, 0) is 0 Å². The number of aromatic nitrogens is 2. The van der Waals surface area contributed by atoms with Gasteiger partial charge in [-0.25, -0.2) is 0 Å². The Morgan fingerprint density at radius 1 is 1.33 bits per heavy atom. The molecule has 0 aliphatic carbocycles. The summed E-state index contributed by atoms with van der Waals surface area (Å²) < 4.78 is 1.82. The number of nitrogens with two attached hydrogens (primary N) is 1. The van der Waals surface area contributed by atoms with Crippen molar-refractivity contribution in [2.45, 2.75) is 6.04 Å². The Bertz CT molecular complexity index is 425. The van der Waals surface area contributed by atoms with E-state index in [-0.39, 0.29) is 6.04 Å². The van der Waals surface area contributed by atoms with E-state index in [4.69, 9.17) is 17.3 Å². The van der Waals surface area contributed by atoms with Crippen molar-refractivity contribution in [3.8, 4) is 0 Å². The minimum atomic E-state index is 0.00806. The Morgan fingerprint density at radius 3 is 2.73 bits per heavy atom. The van der Waals surface area contributed by atoms with Crippen LogP contribution in [0.5, 0.6) is 0 Å². The molecule has 0 bridgehead atoms. The van der Waals surface area contributed by atoms with Crippen LogP contribution in [0, 0.1) is 0 Å². The van der Waals surface area contributed by atoms with E-state index in [1.165, 1.54) is 0 Å². The standard InChI is InChI=1S/C11H12ClN3/c12-10-5-2-1-4-9(10)11(8-13)15-7-3-6-14-15/h1-7,11H,8,13H2. The SMILES string of the molecule is NCC(c1ccccc1Cl)n1cccn1. The molecule has 0 aliphatic rings. The molecule has 15 heavy (non-hydrogen) atoms. The maximum absolute atomic E-state index is 6.12. The molecule has 2 aromatic rings. The predicted octanol–water partition coefficient (Wildman–Crippen LogP) is 2.08. The van der Waals surface area contributed by atoms with E-state index in [0.29, 0.717) is 6.54 Å². The van der Waals surface area contributed by atoms with Gasteiger partial charge in [-0.2, -0.15) is 5.10 Å². The smallest absolute Gasteiger partial charge is 0.0904 e. The van der Waals surface area contributed by atoms with Crippen LogP contribution >= 0.6 is 11.6 Å². The number of hydrogen-bond acceptors (Lipinski definition) is 2. The van der Waals surface area contributed by atoms with Gasteiger partial charge >= 0.3 is 0 Å². The molecule has 0 saturated heterocycles. The summed E-state index contributed by atoms with van der Waals surface area (Å²) in [5.41, 5.74) is 6.75. The first kappa shape index (κ1) is 10.2. The van der Waals surface area contributed by atoms with Crippen molar-refractivity contribution in [1.82, 2.24) is 9.78 Å². The van der Waals surface area contributed by atoms with Crippen LogP contribution in [0.4, 0.5) is 0 Å². The minimum absolute atomic E-state index is 0.00806. The second-order valence-corrected chi connectivity index (χ2v) is 3.67. The molecule has 78 valence electrons. The molecule has 0 aliphatic heterocycles. The highest BCUT2D eigenvalue weighted by atomic mass is 35.5. The van der Waals surface area contributed by atoms with Crippen molar-refractivity contribution < 1.29 is 0 Å². The molecule has 1 heterocycles. The molecule has 2 rings (SSSR count). The summed E-state index contributed by atoms with van der Waals surface area (Å²) in [6.45, 7) is 0.478. The monoisotopic (exact) mass is 221 g/mol. The van der Waals surface area contributed by atoms with E-state index in [0.717, 1.165) is 10.6 Å². The van der Waals surface area contributed by atoms with Gasteiger partial charge in [-0.15, -0.1) is 0 Å². The zero-order valence-electron chi connectivity index (χ0n) is 8.18. The van der Waals surface area contributed by atoms with Crippen LogP contribution in [-0.4, -0.2) is 16.3 Å². The molecular formula is C11H12ClN3. The maximum Gasteiger partial charge on any atom is 0.0904 e. The molecule has 3 nitrogen and oxygen atoms in total. The van der Waals surface area contributed by atoms with Crippen LogP contribution in [0.3, 0.4) is 0 Å². The fraction of sp³-hybridized carbons (Fsp3) is 0.182. The Kier molecular flexibility index (Phi) is 3.04. The van der Waals surface area contributed by atoms with Gasteiger partial charge in [0.05, 0.1) is 6.04 Å². The van der Waals surface area contributed by atoms with E-state index in [1.54, 1.807) is 6.20 Å². The highest BCUT2D eigenvalue weighted by Crippen LogP contribution is 2.24. The molecule has 2 N–H and O–H groups in total. The van der Waals surface area contributed by atoms with E-state index in [2.05, 4.69) is 5.10 Å². The first-order chi connectivity index (χ1) is 7.33. The summed E-state index contributed by atoms with van der Waals surface area (Å²) in [5.74, 6) is 0. The van der Waals surface area contributed by atoms with Crippen molar-refractivity contribution in [2.75, 3.05) is 6.54 Å². The first-order valence-corrected chi connectivity index (χ1v) is 5.14. The molecule has 0 spiro atoms. The molecule has 1 aromatic heterocycles. The van der Waals surface area contributed by atoms with Crippen molar-refractivity contribution in [3.05, 3.63) is 53.3 Å². The summed E-state index contributed by atoms with van der Waals surface area (Å²) in [7, 11) is 0. The first-order valence-electron chi connectivity index (χ1n) is 4.76. The topological polar surface area (TPSA) is 43.8 Å². The second-order valence-electron chi connectivity index (χ2n) is 3.26. The number of benzene rings is 1. The molecule has 1 atom stereocenters. The van der Waals surface area contributed by atoms with Gasteiger partial charge in [0.1, 0.15) is 0 Å². The van der Waals surface area contributed by atoms with Crippen LogP contribution in [0.25, 0.3) is 0 Å². The van der Waals surface area contributed by atoms with Crippen molar-refractivity contribution in [2.24, 2.45) is 5.73 Å². The summed E-state index contributed by atoms with van der Waals surface area (Å²) in [5, 5.41) is 4.91. The van der Waals surface area contributed by atoms with E-state index >= 15 is 0 Å². The van der Waals surface area contributed by atoms with Crippen LogP contribution in [0.2, 0.25) is 5.02 Å². The van der Waals surface area contributed by atoms with Gasteiger partial charge in [0, 0.05) is 24.0 Å². The molecule has 4 heteroatoms. The number of rotatable bonds is 3. The third kappa shape index (κ3) is 2.03. The Labute approximate surface area is 93.5 Å². The average molecular weight is 222 g/mol. The Hall–Kier alpha value is -1.32. The molecule has 0 amide bonds. The van der Waals surface area contributed by atoms with Crippen molar-refractivity contribution in [1.29, 1.82) is 0 Å². The van der Waals surface area contributed by atoms with Crippen molar-refractivity contribution in [3.63, 3.8) is 0 Å². The largest absolute Gasteiger partial charge is 0.328 e. The van der Waals surface area contributed by atoms with Gasteiger partial charge in [0.25, 0.3) is 0 Å². The summed E-state index contributed by atoms with van der Waals surface area (Å²) in [6, 6.07) is 9.58. The normalized spacial score (nSPS) is 12.7. The fourth-order valence-corrected chi connectivity index (χ4v) is 1.85. The third-order valence-electron chi connectivity index (χ3n) is 2.33. The second kappa shape index (κ2) is 4.47. The summed E-state index contributed by atoms with van der Waals surface area (Å²) in [4.78, 5) is 0. The molecule has 1 aromatic carbocycles. The quantitative estimate of drug-likeness (QED) is 0.863. The molecule has 0 radical (unpaired) electrons. The third-order valence-corrected chi connectivity index (χ3v) is 2.68. The lowest BCUT2D eigenvalue weighted by molar-refractivity contribution is 0.532. The zero-order valence-corrected chi connectivity index (χ0v) is 8.93. The highest BCUT2D eigenvalue weighted by molar-refractivity contribution is 6.31. The van der Waals surface area contributed by atoms with E-state index in [1.807, 2.05) is 41.2 Å². The van der Waals surface area contributed by atoms with Gasteiger partial charge in [-0.3, -0.25) is 4.68 Å². The van der Waals surface area contributed by atoms with Crippen molar-refractivity contribution >= 4 is 11.6 Å². The number of halogens is 1. The lowest BCUT2D eigenvalue weighted by Gasteiger charge is -2.17. The van der Waals surface area contributed by atoms with Crippen LogP contribution in [0.1, 0.15) is 11.6 Å². The lowest BCUT2D eigenvalue weighted by atomic mass is 10.1. The number of hydrogen-bond donors (Lipinski definition) is 1. The van der Waals surface area contributed by atoms with Crippen LogP contribution in [0.15, 0.2) is 42.7 Å². The Morgan fingerprint density at radius 2 is 2.13 bits per heavy atom. The lowest BCUT2D eigenvalue weighted by Crippen LogP contribution is -2.21. The number of nitrogens with zero attached hydrogens (tertiary/aromatic N) is 2. The van der Waals surface area contributed by atoms with Gasteiger partial charge in [0.2, 0.25) is 0 Å². The highest BCUT2D eigenvalue weighted by Gasteiger charge is 2.14. The van der Waals surface area contributed by atoms with Crippen LogP contribution < -0.4 is 5.73 Å². The molecule has 1 unspecified atom stereocenters. The molecular weight excluding hydrogens is 210 g/mol. The van der Waals surface area contributed by atoms with E-state index < -0.39 is 0 Å². The maximum atomic E-state index is 6.12. The summed E-state index contributed by atoms with van der Waals surface area (Å²) >= 11 is 6.12. The average Bonchev–Trinajstić information content (AvgIpc) is 2.75. The van der Waals surface area contributed by atoms with E-state index in [9.17, 15) is 0 Å². The Balaban J connectivity index is 2.40. The van der Waals surface area contributed by atoms with Gasteiger partial charge in [0.15, 0.2) is 0 Å².